The van der Waals surface area contributed by atoms with Crippen LogP contribution in [0, 0.1) is 17.0 Å². The molecule has 0 atom stereocenters. The molecule has 0 aliphatic heterocycles. The van der Waals surface area contributed by atoms with Crippen molar-refractivity contribution in [2.75, 3.05) is 0 Å². The highest BCUT2D eigenvalue weighted by molar-refractivity contribution is 5.79. The number of aromatic nitrogens is 4. The van der Waals surface area contributed by atoms with Crippen LogP contribution in [0.3, 0.4) is 0 Å². The highest BCUT2D eigenvalue weighted by Gasteiger charge is 2.13. The molecule has 0 N–H and O–H groups in total. The Morgan fingerprint density at radius 2 is 2.14 bits per heavy atom. The van der Waals surface area contributed by atoms with Gasteiger partial charge in [0.25, 0.3) is 5.69 Å². The highest BCUT2D eigenvalue weighted by Crippen LogP contribution is 2.29. The van der Waals surface area contributed by atoms with E-state index in [1.165, 1.54) is 18.5 Å². The van der Waals surface area contributed by atoms with Gasteiger partial charge in [0.2, 0.25) is 5.88 Å². The first-order valence-electron chi connectivity index (χ1n) is 6.12. The molecule has 0 fully saturated rings. The number of benzene rings is 1. The van der Waals surface area contributed by atoms with Crippen LogP contribution in [0.1, 0.15) is 5.56 Å². The maximum Gasteiger partial charge on any atom is 0.272 e. The summed E-state index contributed by atoms with van der Waals surface area (Å²) >= 11 is 0. The Hall–Kier alpha value is -3.03. The van der Waals surface area contributed by atoms with E-state index in [1.807, 2.05) is 0 Å². The number of fused-ring (bicyclic) bond motifs is 1. The molecule has 2 heterocycles. The second-order valence-corrected chi connectivity index (χ2v) is 4.49. The molecule has 21 heavy (non-hydrogen) atoms. The zero-order valence-electron chi connectivity index (χ0n) is 11.3. The van der Waals surface area contributed by atoms with Gasteiger partial charge in [-0.3, -0.25) is 14.8 Å². The lowest BCUT2D eigenvalue weighted by Gasteiger charge is -2.06. The maximum absolute atomic E-state index is 10.8. The number of nitro benzene ring substituents is 1. The summed E-state index contributed by atoms with van der Waals surface area (Å²) in [7, 11) is 1.77. The number of rotatable bonds is 3. The number of aryl methyl sites for hydroxylation is 2. The molecular formula is C13H11N5O3. The van der Waals surface area contributed by atoms with Gasteiger partial charge in [-0.05, 0) is 19.1 Å². The summed E-state index contributed by atoms with van der Waals surface area (Å²) in [6, 6.07) is 4.55. The molecule has 0 saturated heterocycles. The van der Waals surface area contributed by atoms with E-state index in [0.29, 0.717) is 28.2 Å². The summed E-state index contributed by atoms with van der Waals surface area (Å²) in [5, 5.41) is 15.6. The summed E-state index contributed by atoms with van der Waals surface area (Å²) in [6.45, 7) is 1.66. The van der Waals surface area contributed by atoms with Crippen LogP contribution < -0.4 is 4.74 Å². The van der Waals surface area contributed by atoms with E-state index >= 15 is 0 Å². The topological polar surface area (TPSA) is 96.0 Å². The third kappa shape index (κ3) is 2.27. The molecule has 3 rings (SSSR count). The van der Waals surface area contributed by atoms with Crippen LogP contribution in [-0.4, -0.2) is 24.7 Å². The van der Waals surface area contributed by atoms with Crippen LogP contribution in [-0.2, 0) is 7.05 Å². The van der Waals surface area contributed by atoms with Gasteiger partial charge in [0.05, 0.1) is 11.1 Å². The SMILES string of the molecule is Cc1cc(Oc2ncnc3c2cnn3C)ccc1[N+](=O)[O-]. The molecule has 0 unspecified atom stereocenters. The van der Waals surface area contributed by atoms with Crippen molar-refractivity contribution in [1.82, 2.24) is 19.7 Å². The summed E-state index contributed by atoms with van der Waals surface area (Å²) in [4.78, 5) is 18.6. The van der Waals surface area contributed by atoms with E-state index in [-0.39, 0.29) is 5.69 Å². The third-order valence-corrected chi connectivity index (χ3v) is 3.07. The van der Waals surface area contributed by atoms with E-state index in [2.05, 4.69) is 15.1 Å². The van der Waals surface area contributed by atoms with Crippen molar-refractivity contribution in [1.29, 1.82) is 0 Å². The first kappa shape index (κ1) is 13.0. The average Bonchev–Trinajstić information content (AvgIpc) is 2.81. The van der Waals surface area contributed by atoms with E-state index in [1.54, 1.807) is 30.9 Å². The molecule has 106 valence electrons. The van der Waals surface area contributed by atoms with Gasteiger partial charge in [0.15, 0.2) is 5.65 Å². The van der Waals surface area contributed by atoms with Crippen molar-refractivity contribution in [2.24, 2.45) is 7.05 Å². The van der Waals surface area contributed by atoms with E-state index in [0.717, 1.165) is 0 Å². The molecule has 0 aliphatic carbocycles. The number of hydrogen-bond donors (Lipinski definition) is 0. The Morgan fingerprint density at radius 3 is 2.86 bits per heavy atom. The minimum Gasteiger partial charge on any atom is -0.438 e. The number of ether oxygens (including phenoxy) is 1. The smallest absolute Gasteiger partial charge is 0.272 e. The van der Waals surface area contributed by atoms with Crippen molar-refractivity contribution < 1.29 is 9.66 Å². The van der Waals surface area contributed by atoms with Gasteiger partial charge in [0.1, 0.15) is 17.5 Å². The van der Waals surface area contributed by atoms with Crippen LogP contribution in [0.4, 0.5) is 5.69 Å². The van der Waals surface area contributed by atoms with Gasteiger partial charge in [0, 0.05) is 18.7 Å². The minimum absolute atomic E-state index is 0.0524. The first-order chi connectivity index (χ1) is 10.1. The largest absolute Gasteiger partial charge is 0.438 e. The maximum atomic E-state index is 10.8. The standard InChI is InChI=1S/C13H11N5O3/c1-8-5-9(3-4-11(8)18(19)20)21-13-10-6-16-17(2)12(10)14-7-15-13/h3-7H,1-2H3. The lowest BCUT2D eigenvalue weighted by atomic mass is 10.2. The Bertz CT molecular complexity index is 843. The summed E-state index contributed by atoms with van der Waals surface area (Å²) in [5.74, 6) is 0.836. The number of nitro groups is 1. The van der Waals surface area contributed by atoms with E-state index in [9.17, 15) is 10.1 Å². The van der Waals surface area contributed by atoms with Crippen LogP contribution >= 0.6 is 0 Å². The Kier molecular flexibility index (Phi) is 2.98. The predicted octanol–water partition coefficient (Wildman–Crippen LogP) is 2.37. The van der Waals surface area contributed by atoms with Crippen molar-refractivity contribution in [3.8, 4) is 11.6 Å². The van der Waals surface area contributed by atoms with Gasteiger partial charge in [-0.2, -0.15) is 5.10 Å². The van der Waals surface area contributed by atoms with Crippen LogP contribution in [0.2, 0.25) is 0 Å². The average molecular weight is 285 g/mol. The number of hydrogen-bond acceptors (Lipinski definition) is 6. The van der Waals surface area contributed by atoms with Gasteiger partial charge >= 0.3 is 0 Å². The third-order valence-electron chi connectivity index (χ3n) is 3.07. The van der Waals surface area contributed by atoms with Gasteiger partial charge < -0.3 is 4.74 Å². The highest BCUT2D eigenvalue weighted by atomic mass is 16.6. The second kappa shape index (κ2) is 4.82. The number of nitrogens with zero attached hydrogens (tertiary/aromatic N) is 5. The van der Waals surface area contributed by atoms with E-state index in [4.69, 9.17) is 4.74 Å². The van der Waals surface area contributed by atoms with Crippen molar-refractivity contribution in [2.45, 2.75) is 6.92 Å². The predicted molar refractivity (Wildman–Crippen MR) is 74.2 cm³/mol. The second-order valence-electron chi connectivity index (χ2n) is 4.49. The van der Waals surface area contributed by atoms with Gasteiger partial charge in [-0.15, -0.1) is 0 Å². The molecule has 8 heteroatoms. The normalized spacial score (nSPS) is 10.8. The quantitative estimate of drug-likeness (QED) is 0.541. The zero-order chi connectivity index (χ0) is 15.0. The zero-order valence-corrected chi connectivity index (χ0v) is 11.3. The molecule has 1 aromatic carbocycles. The van der Waals surface area contributed by atoms with Crippen molar-refractivity contribution >= 4 is 16.7 Å². The lowest BCUT2D eigenvalue weighted by Crippen LogP contribution is -1.95. The monoisotopic (exact) mass is 285 g/mol. The molecule has 0 saturated carbocycles. The summed E-state index contributed by atoms with van der Waals surface area (Å²) in [5.41, 5.74) is 1.23. The first-order valence-corrected chi connectivity index (χ1v) is 6.12. The van der Waals surface area contributed by atoms with Crippen LogP contribution in [0.25, 0.3) is 11.0 Å². The fourth-order valence-electron chi connectivity index (χ4n) is 2.03. The Balaban J connectivity index is 1.99. The molecule has 0 aliphatic rings. The van der Waals surface area contributed by atoms with Crippen LogP contribution in [0.15, 0.2) is 30.7 Å². The Labute approximate surface area is 119 Å². The minimum atomic E-state index is -0.427. The molecule has 8 nitrogen and oxygen atoms in total. The molecule has 0 radical (unpaired) electrons. The molecule has 0 bridgehead atoms. The molecule has 0 amide bonds. The van der Waals surface area contributed by atoms with Crippen molar-refractivity contribution in [3.05, 3.63) is 46.4 Å². The van der Waals surface area contributed by atoms with E-state index < -0.39 is 4.92 Å². The molecule has 3 aromatic rings. The fourth-order valence-corrected chi connectivity index (χ4v) is 2.03. The van der Waals surface area contributed by atoms with Gasteiger partial charge in [-0.1, -0.05) is 0 Å². The van der Waals surface area contributed by atoms with Gasteiger partial charge in [-0.25, -0.2) is 9.97 Å². The molecule has 0 spiro atoms. The summed E-state index contributed by atoms with van der Waals surface area (Å²) < 4.78 is 7.31. The van der Waals surface area contributed by atoms with Crippen LogP contribution in [0.5, 0.6) is 11.6 Å². The molecular weight excluding hydrogens is 274 g/mol. The fraction of sp³-hybridized carbons (Fsp3) is 0.154. The summed E-state index contributed by atoms with van der Waals surface area (Å²) in [6.07, 6.45) is 3.00. The molecule has 2 aromatic heterocycles. The van der Waals surface area contributed by atoms with Crippen molar-refractivity contribution in [3.63, 3.8) is 0 Å². The lowest BCUT2D eigenvalue weighted by molar-refractivity contribution is -0.385. The Morgan fingerprint density at radius 1 is 1.33 bits per heavy atom.